The van der Waals surface area contributed by atoms with Crippen molar-refractivity contribution < 1.29 is 5.21 Å². The molecule has 1 aromatic heterocycles. The molecule has 19 heavy (non-hydrogen) atoms. The van der Waals surface area contributed by atoms with Gasteiger partial charge in [0.25, 0.3) is 0 Å². The summed E-state index contributed by atoms with van der Waals surface area (Å²) in [5.74, 6) is 0. The Labute approximate surface area is 116 Å². The molecule has 0 saturated carbocycles. The summed E-state index contributed by atoms with van der Waals surface area (Å²) in [6, 6.07) is 13.9. The average Bonchev–Trinajstić information content (AvgIpc) is 3.00. The number of rotatable bonds is 2. The summed E-state index contributed by atoms with van der Waals surface area (Å²) in [5, 5.41) is 13.8. The van der Waals surface area contributed by atoms with E-state index in [1.165, 1.54) is 5.06 Å². The van der Waals surface area contributed by atoms with Crippen molar-refractivity contribution in [1.82, 2.24) is 5.06 Å². The Morgan fingerprint density at radius 2 is 1.89 bits per heavy atom. The van der Waals surface area contributed by atoms with Gasteiger partial charge in [0, 0.05) is 0 Å². The lowest BCUT2D eigenvalue weighted by Crippen LogP contribution is -2.44. The molecule has 2 aromatic rings. The highest BCUT2D eigenvalue weighted by atomic mass is 32.1. The van der Waals surface area contributed by atoms with Crippen LogP contribution >= 0.6 is 11.3 Å². The van der Waals surface area contributed by atoms with Gasteiger partial charge in [-0.2, -0.15) is 5.06 Å². The van der Waals surface area contributed by atoms with Crippen LogP contribution in [0.15, 0.2) is 52.8 Å². The summed E-state index contributed by atoms with van der Waals surface area (Å²) >= 11 is 1.65. The van der Waals surface area contributed by atoms with Crippen LogP contribution in [0.3, 0.4) is 0 Å². The Balaban J connectivity index is 2.05. The van der Waals surface area contributed by atoms with Crippen molar-refractivity contribution in [1.29, 1.82) is 0 Å². The second-order valence-corrected chi connectivity index (χ2v) is 6.09. The van der Waals surface area contributed by atoms with Crippen molar-refractivity contribution in [2.75, 3.05) is 0 Å². The second kappa shape index (κ2) is 4.56. The van der Waals surface area contributed by atoms with Crippen molar-refractivity contribution in [3.05, 3.63) is 58.3 Å². The predicted molar refractivity (Wildman–Crippen MR) is 77.7 cm³/mol. The molecule has 0 unspecified atom stereocenters. The van der Waals surface area contributed by atoms with Crippen LogP contribution in [-0.4, -0.2) is 21.5 Å². The average molecular weight is 272 g/mol. The van der Waals surface area contributed by atoms with Crippen LogP contribution in [0.1, 0.15) is 30.5 Å². The fraction of sp³-hybridized carbons (Fsp3) is 0.267. The molecule has 1 aliphatic heterocycles. The molecule has 0 spiro atoms. The highest BCUT2D eigenvalue weighted by Crippen LogP contribution is 2.38. The van der Waals surface area contributed by atoms with E-state index in [0.29, 0.717) is 0 Å². The molecule has 0 aliphatic carbocycles. The van der Waals surface area contributed by atoms with Crippen LogP contribution in [0.5, 0.6) is 0 Å². The van der Waals surface area contributed by atoms with Crippen molar-refractivity contribution in [3.63, 3.8) is 0 Å². The minimum Gasteiger partial charge on any atom is -0.311 e. The van der Waals surface area contributed by atoms with Crippen LogP contribution < -0.4 is 0 Å². The number of nitrogens with zero attached hydrogens (tertiary/aromatic N) is 2. The minimum atomic E-state index is -0.481. The lowest BCUT2D eigenvalue weighted by Gasteiger charge is -2.29. The van der Waals surface area contributed by atoms with Crippen LogP contribution in [-0.2, 0) is 0 Å². The Morgan fingerprint density at radius 3 is 2.53 bits per heavy atom. The maximum Gasteiger partial charge on any atom is 0.151 e. The third kappa shape index (κ3) is 2.02. The molecule has 0 amide bonds. The van der Waals surface area contributed by atoms with Crippen LogP contribution in [0, 0.1) is 0 Å². The molecule has 1 aliphatic rings. The first-order chi connectivity index (χ1) is 9.10. The first-order valence-electron chi connectivity index (χ1n) is 6.26. The lowest BCUT2D eigenvalue weighted by molar-refractivity contribution is -0.159. The summed E-state index contributed by atoms with van der Waals surface area (Å²) in [4.78, 5) is 5.85. The third-order valence-corrected chi connectivity index (χ3v) is 4.36. The first kappa shape index (κ1) is 12.5. The van der Waals surface area contributed by atoms with Gasteiger partial charge in [-0.3, -0.25) is 4.99 Å². The van der Waals surface area contributed by atoms with Gasteiger partial charge in [-0.25, -0.2) is 0 Å². The molecule has 2 heterocycles. The number of aliphatic imine (C=N–C) groups is 1. The number of hydrogen-bond donors (Lipinski definition) is 1. The van der Waals surface area contributed by atoms with Crippen molar-refractivity contribution in [2.45, 2.75) is 25.6 Å². The quantitative estimate of drug-likeness (QED) is 0.904. The number of hydroxylamine groups is 2. The zero-order chi connectivity index (χ0) is 13.5. The molecule has 0 radical (unpaired) electrons. The summed E-state index contributed by atoms with van der Waals surface area (Å²) in [7, 11) is 0. The van der Waals surface area contributed by atoms with Gasteiger partial charge in [-0.05, 0) is 30.9 Å². The summed E-state index contributed by atoms with van der Waals surface area (Å²) in [6.07, 6.45) is -0.326. The zero-order valence-electron chi connectivity index (χ0n) is 10.9. The Kier molecular flexibility index (Phi) is 3.01. The SMILES string of the molecule is CC1(C)C(c2cccs2)=N[C@@H](c2ccccc2)N1O. The monoisotopic (exact) mass is 272 g/mol. The maximum absolute atomic E-state index is 10.5. The standard InChI is InChI=1S/C15H16N2OS/c1-15(2)13(12-9-6-10-19-12)16-14(17(15)18)11-7-4-3-5-8-11/h3-10,14,18H,1-2H3/t14-/m1/s1. The largest absolute Gasteiger partial charge is 0.311 e. The third-order valence-electron chi connectivity index (χ3n) is 3.49. The molecule has 3 rings (SSSR count). The molecule has 3 nitrogen and oxygen atoms in total. The van der Waals surface area contributed by atoms with E-state index in [-0.39, 0.29) is 6.17 Å². The van der Waals surface area contributed by atoms with E-state index in [2.05, 4.69) is 0 Å². The number of benzene rings is 1. The van der Waals surface area contributed by atoms with E-state index < -0.39 is 5.54 Å². The van der Waals surface area contributed by atoms with Gasteiger partial charge in [-0.15, -0.1) is 11.3 Å². The molecular formula is C15H16N2OS. The summed E-state index contributed by atoms with van der Waals surface area (Å²) in [6.45, 7) is 3.99. The molecule has 0 saturated heterocycles. The Morgan fingerprint density at radius 1 is 1.16 bits per heavy atom. The van der Waals surface area contributed by atoms with Gasteiger partial charge in [-0.1, -0.05) is 36.4 Å². The highest BCUT2D eigenvalue weighted by molar-refractivity contribution is 7.12. The topological polar surface area (TPSA) is 35.8 Å². The molecular weight excluding hydrogens is 256 g/mol. The van der Waals surface area contributed by atoms with Crippen molar-refractivity contribution in [3.8, 4) is 0 Å². The van der Waals surface area contributed by atoms with Crippen molar-refractivity contribution >= 4 is 17.0 Å². The van der Waals surface area contributed by atoms with Gasteiger partial charge in [0.05, 0.1) is 16.1 Å². The molecule has 4 heteroatoms. The van der Waals surface area contributed by atoms with Gasteiger partial charge in [0.1, 0.15) is 0 Å². The number of thiophene rings is 1. The molecule has 1 atom stereocenters. The van der Waals surface area contributed by atoms with Gasteiger partial charge in [0.15, 0.2) is 6.17 Å². The second-order valence-electron chi connectivity index (χ2n) is 5.14. The maximum atomic E-state index is 10.5. The summed E-state index contributed by atoms with van der Waals surface area (Å²) in [5.41, 5.74) is 1.47. The fourth-order valence-electron chi connectivity index (χ4n) is 2.37. The minimum absolute atomic E-state index is 0.326. The van der Waals surface area contributed by atoms with E-state index in [4.69, 9.17) is 4.99 Å². The molecule has 1 aromatic carbocycles. The smallest absolute Gasteiger partial charge is 0.151 e. The Hall–Kier alpha value is -1.49. The van der Waals surface area contributed by atoms with Gasteiger partial charge >= 0.3 is 0 Å². The fourth-order valence-corrected chi connectivity index (χ4v) is 3.24. The summed E-state index contributed by atoms with van der Waals surface area (Å²) < 4.78 is 0. The van der Waals surface area contributed by atoms with E-state index in [0.717, 1.165) is 16.2 Å². The molecule has 1 N–H and O–H groups in total. The van der Waals surface area contributed by atoms with Crippen molar-refractivity contribution in [2.24, 2.45) is 4.99 Å². The predicted octanol–water partition coefficient (Wildman–Crippen LogP) is 3.72. The van der Waals surface area contributed by atoms with Gasteiger partial charge in [0.2, 0.25) is 0 Å². The molecule has 0 fully saturated rings. The number of hydrogen-bond acceptors (Lipinski definition) is 4. The zero-order valence-corrected chi connectivity index (χ0v) is 11.8. The van der Waals surface area contributed by atoms with Gasteiger partial charge < -0.3 is 5.21 Å². The van der Waals surface area contributed by atoms with E-state index >= 15 is 0 Å². The van der Waals surface area contributed by atoms with E-state index in [1.807, 2.05) is 61.7 Å². The van der Waals surface area contributed by atoms with E-state index in [1.54, 1.807) is 11.3 Å². The van der Waals surface area contributed by atoms with Crippen LogP contribution in [0.25, 0.3) is 0 Å². The Bertz CT molecular complexity index is 590. The first-order valence-corrected chi connectivity index (χ1v) is 7.14. The molecule has 0 bridgehead atoms. The molecule has 98 valence electrons. The highest BCUT2D eigenvalue weighted by Gasteiger charge is 2.43. The van der Waals surface area contributed by atoms with Crippen LogP contribution in [0.2, 0.25) is 0 Å². The normalized spacial score (nSPS) is 22.5. The van der Waals surface area contributed by atoms with E-state index in [9.17, 15) is 5.21 Å². The lowest BCUT2D eigenvalue weighted by atomic mass is 9.97. The van der Waals surface area contributed by atoms with Crippen LogP contribution in [0.4, 0.5) is 0 Å².